The summed E-state index contributed by atoms with van der Waals surface area (Å²) in [5.41, 5.74) is -0.433. The molecule has 5 nitrogen and oxygen atoms in total. The smallest absolute Gasteiger partial charge is 0.487 e. The molecule has 7 heteroatoms. The van der Waals surface area contributed by atoms with Crippen LogP contribution in [0.15, 0.2) is 18.2 Å². The Morgan fingerprint density at radius 1 is 1.50 bits per heavy atom. The van der Waals surface area contributed by atoms with Crippen LogP contribution in [0.3, 0.4) is 0 Å². The van der Waals surface area contributed by atoms with E-state index in [4.69, 9.17) is 4.74 Å². The van der Waals surface area contributed by atoms with Gasteiger partial charge in [-0.05, 0) is 26.0 Å². The minimum absolute atomic E-state index is 0.151. The third kappa shape index (κ3) is 2.73. The molecule has 18 heavy (non-hydrogen) atoms. The lowest BCUT2D eigenvalue weighted by Gasteiger charge is -2.35. The Morgan fingerprint density at radius 2 is 2.17 bits per heavy atom. The van der Waals surface area contributed by atoms with Gasteiger partial charge in [0, 0.05) is 6.42 Å². The highest BCUT2D eigenvalue weighted by Crippen LogP contribution is 2.44. The highest BCUT2D eigenvalue weighted by molar-refractivity contribution is 7.81. The molecule has 0 aliphatic carbocycles. The molecule has 0 fully saturated rings. The highest BCUT2D eigenvalue weighted by Gasteiger charge is 2.35. The Kier molecular flexibility index (Phi) is 2.98. The van der Waals surface area contributed by atoms with E-state index in [-0.39, 0.29) is 17.7 Å². The zero-order chi connectivity index (χ0) is 13.6. The maximum absolute atomic E-state index is 12.6. The molecular weight excluding hydrogens is 263 g/mol. The average Bonchev–Trinajstić information content (AvgIpc) is 2.11. The second kappa shape index (κ2) is 4.10. The Bertz CT molecular complexity index is 567. The number of halogens is 1. The van der Waals surface area contributed by atoms with Gasteiger partial charge < -0.3 is 14.0 Å². The highest BCUT2D eigenvalue weighted by atomic mass is 32.3. The van der Waals surface area contributed by atoms with Crippen LogP contribution in [0, 0.1) is 0 Å². The minimum atomic E-state index is -5.13. The van der Waals surface area contributed by atoms with Crippen molar-refractivity contribution in [2.24, 2.45) is 0 Å². The molecule has 0 spiro atoms. The monoisotopic (exact) mass is 276 g/mol. The molecule has 0 radical (unpaired) electrons. The number of rotatable bonds is 2. The number of hydrogen-bond donors (Lipinski definition) is 1. The van der Waals surface area contributed by atoms with E-state index in [1.54, 1.807) is 19.9 Å². The van der Waals surface area contributed by atoms with Crippen molar-refractivity contribution < 1.29 is 26.3 Å². The van der Waals surface area contributed by atoms with E-state index in [9.17, 15) is 17.4 Å². The number of aliphatic hydroxyl groups is 1. The molecule has 1 aromatic carbocycles. The van der Waals surface area contributed by atoms with Crippen molar-refractivity contribution in [1.29, 1.82) is 0 Å². The Balaban J connectivity index is 2.48. The van der Waals surface area contributed by atoms with Crippen molar-refractivity contribution in [3.05, 3.63) is 23.8 Å². The lowest BCUT2D eigenvalue weighted by Crippen LogP contribution is -2.35. The molecule has 1 aliphatic rings. The molecule has 2 rings (SSSR count). The lowest BCUT2D eigenvalue weighted by molar-refractivity contribution is 0.0106. The normalized spacial score (nSPS) is 21.9. The number of hydrogen-bond acceptors (Lipinski definition) is 5. The standard InChI is InChI=1S/C11H13FO5S/c1-11(2)6-7(13)10-8(16-11)4-3-5-9(10)17-18(12,14)15/h3-5,7,13H,6H2,1-2H3. The van der Waals surface area contributed by atoms with Gasteiger partial charge in [0.15, 0.2) is 5.75 Å². The molecule has 0 amide bonds. The quantitative estimate of drug-likeness (QED) is 0.835. The van der Waals surface area contributed by atoms with Crippen molar-refractivity contribution >= 4 is 10.5 Å². The summed E-state index contributed by atoms with van der Waals surface area (Å²) >= 11 is 0. The summed E-state index contributed by atoms with van der Waals surface area (Å²) in [6.07, 6.45) is -0.714. The summed E-state index contributed by atoms with van der Waals surface area (Å²) in [5, 5.41) is 10.00. The first-order valence-corrected chi connectivity index (χ1v) is 6.63. The molecule has 1 aliphatic heterocycles. The molecule has 0 bridgehead atoms. The van der Waals surface area contributed by atoms with Gasteiger partial charge in [-0.1, -0.05) is 9.95 Å². The predicted octanol–water partition coefficient (Wildman–Crippen LogP) is 1.87. The van der Waals surface area contributed by atoms with Gasteiger partial charge in [-0.2, -0.15) is 8.42 Å². The van der Waals surface area contributed by atoms with Crippen molar-refractivity contribution in [1.82, 2.24) is 0 Å². The van der Waals surface area contributed by atoms with Gasteiger partial charge in [0.05, 0.1) is 11.7 Å². The van der Waals surface area contributed by atoms with Crippen LogP contribution in [0.25, 0.3) is 0 Å². The van der Waals surface area contributed by atoms with Crippen LogP contribution in [-0.4, -0.2) is 19.1 Å². The summed E-state index contributed by atoms with van der Waals surface area (Å²) in [5.74, 6) is 0.0397. The first kappa shape index (κ1) is 13.1. The van der Waals surface area contributed by atoms with E-state index in [0.29, 0.717) is 5.75 Å². The van der Waals surface area contributed by atoms with Gasteiger partial charge in [-0.15, -0.1) is 0 Å². The van der Waals surface area contributed by atoms with Crippen LogP contribution >= 0.6 is 0 Å². The molecule has 1 unspecified atom stereocenters. The molecule has 1 heterocycles. The fourth-order valence-corrected chi connectivity index (χ4v) is 2.39. The molecule has 1 atom stereocenters. The fourth-order valence-electron chi connectivity index (χ4n) is 2.03. The van der Waals surface area contributed by atoms with Gasteiger partial charge in [0.25, 0.3) is 0 Å². The number of ether oxygens (including phenoxy) is 1. The van der Waals surface area contributed by atoms with Crippen LogP contribution in [0.1, 0.15) is 31.9 Å². The Hall–Kier alpha value is -1.34. The zero-order valence-electron chi connectivity index (χ0n) is 9.88. The molecule has 1 aromatic rings. The van der Waals surface area contributed by atoms with Crippen molar-refractivity contribution in [3.8, 4) is 11.5 Å². The Morgan fingerprint density at radius 3 is 2.78 bits per heavy atom. The van der Waals surface area contributed by atoms with Crippen molar-refractivity contribution in [3.63, 3.8) is 0 Å². The van der Waals surface area contributed by atoms with Crippen LogP contribution < -0.4 is 8.92 Å². The predicted molar refractivity (Wildman–Crippen MR) is 61.4 cm³/mol. The average molecular weight is 276 g/mol. The van der Waals surface area contributed by atoms with Gasteiger partial charge >= 0.3 is 10.5 Å². The summed E-state index contributed by atoms with van der Waals surface area (Å²) in [7, 11) is -5.13. The molecule has 100 valence electrons. The van der Waals surface area contributed by atoms with Gasteiger partial charge in [0.1, 0.15) is 11.4 Å². The Labute approximate surface area is 105 Å². The van der Waals surface area contributed by atoms with Crippen molar-refractivity contribution in [2.75, 3.05) is 0 Å². The summed E-state index contributed by atoms with van der Waals surface area (Å²) in [4.78, 5) is 0. The molecular formula is C11H13FO5S. The molecule has 0 aromatic heterocycles. The number of fused-ring (bicyclic) bond motifs is 1. The van der Waals surface area contributed by atoms with Gasteiger partial charge in [-0.25, -0.2) is 0 Å². The van der Waals surface area contributed by atoms with E-state index < -0.39 is 22.2 Å². The van der Waals surface area contributed by atoms with Crippen LogP contribution in [-0.2, 0) is 10.5 Å². The van der Waals surface area contributed by atoms with E-state index in [0.717, 1.165) is 0 Å². The first-order valence-electron chi connectivity index (χ1n) is 5.32. The van der Waals surface area contributed by atoms with Crippen LogP contribution in [0.5, 0.6) is 11.5 Å². The van der Waals surface area contributed by atoms with Gasteiger partial charge in [-0.3, -0.25) is 0 Å². The van der Waals surface area contributed by atoms with E-state index in [1.807, 2.05) is 0 Å². The maximum Gasteiger partial charge on any atom is 0.488 e. The number of aliphatic hydroxyl groups excluding tert-OH is 1. The van der Waals surface area contributed by atoms with E-state index in [1.165, 1.54) is 12.1 Å². The summed E-state index contributed by atoms with van der Waals surface area (Å²) in [6.45, 7) is 3.58. The molecule has 0 saturated carbocycles. The minimum Gasteiger partial charge on any atom is -0.487 e. The maximum atomic E-state index is 12.6. The molecule has 1 N–H and O–H groups in total. The SMILES string of the molecule is CC1(C)CC(O)c2c(cccc2OS(=O)(=O)F)O1. The lowest BCUT2D eigenvalue weighted by atomic mass is 9.91. The summed E-state index contributed by atoms with van der Waals surface area (Å²) in [6, 6.07) is 4.30. The third-order valence-corrected chi connectivity index (χ3v) is 3.00. The first-order chi connectivity index (χ1) is 8.18. The van der Waals surface area contributed by atoms with Crippen LogP contribution in [0.2, 0.25) is 0 Å². The number of benzene rings is 1. The second-order valence-electron chi connectivity index (χ2n) is 4.73. The molecule has 0 saturated heterocycles. The fraction of sp³-hybridized carbons (Fsp3) is 0.455. The van der Waals surface area contributed by atoms with E-state index in [2.05, 4.69) is 4.18 Å². The van der Waals surface area contributed by atoms with E-state index >= 15 is 0 Å². The largest absolute Gasteiger partial charge is 0.488 e. The third-order valence-electron chi connectivity index (χ3n) is 2.62. The van der Waals surface area contributed by atoms with Crippen LogP contribution in [0.4, 0.5) is 3.89 Å². The van der Waals surface area contributed by atoms with Crippen molar-refractivity contribution in [2.45, 2.75) is 32.0 Å². The topological polar surface area (TPSA) is 72.8 Å². The second-order valence-corrected chi connectivity index (χ2v) is 5.68. The summed E-state index contributed by atoms with van der Waals surface area (Å²) < 4.78 is 43.4. The van der Waals surface area contributed by atoms with Gasteiger partial charge in [0.2, 0.25) is 0 Å². The zero-order valence-corrected chi connectivity index (χ0v) is 10.7.